The molecule has 2 fully saturated rings. The second kappa shape index (κ2) is 6.04. The van der Waals surface area contributed by atoms with Gasteiger partial charge in [0.15, 0.2) is 5.13 Å². The van der Waals surface area contributed by atoms with E-state index < -0.39 is 0 Å². The maximum absolute atomic E-state index is 12.3. The third-order valence-electron chi connectivity index (χ3n) is 4.28. The SMILES string of the molecule is CSC1(CNC(=O)c2sc(NC3CC3)nc2N)CCCC1. The van der Waals surface area contributed by atoms with Gasteiger partial charge in [0.05, 0.1) is 0 Å². The van der Waals surface area contributed by atoms with Crippen molar-refractivity contribution in [3.05, 3.63) is 4.88 Å². The lowest BCUT2D eigenvalue weighted by Gasteiger charge is -2.26. The standard InChI is InChI=1S/C14H22N4OS2/c1-20-14(6-2-3-7-14)8-16-12(19)10-11(15)18-13(21-10)17-9-4-5-9/h9H,2-8,15H2,1H3,(H,16,19)(H,17,18). The highest BCUT2D eigenvalue weighted by Gasteiger charge is 2.33. The van der Waals surface area contributed by atoms with Crippen LogP contribution in [0.25, 0.3) is 0 Å². The Morgan fingerprint density at radius 1 is 1.48 bits per heavy atom. The van der Waals surface area contributed by atoms with E-state index in [2.05, 4.69) is 21.9 Å². The molecule has 0 unspecified atom stereocenters. The van der Waals surface area contributed by atoms with Crippen LogP contribution in [-0.2, 0) is 0 Å². The number of amides is 1. The van der Waals surface area contributed by atoms with Crippen LogP contribution in [0, 0.1) is 0 Å². The smallest absolute Gasteiger partial charge is 0.265 e. The van der Waals surface area contributed by atoms with Gasteiger partial charge in [-0.2, -0.15) is 11.8 Å². The van der Waals surface area contributed by atoms with Gasteiger partial charge in [0.25, 0.3) is 5.91 Å². The third-order valence-corrected chi connectivity index (χ3v) is 6.70. The molecule has 7 heteroatoms. The van der Waals surface area contributed by atoms with Crippen molar-refractivity contribution in [3.63, 3.8) is 0 Å². The number of hydrogen-bond donors (Lipinski definition) is 3. The summed E-state index contributed by atoms with van der Waals surface area (Å²) in [5.41, 5.74) is 5.88. The van der Waals surface area contributed by atoms with Crippen molar-refractivity contribution in [1.82, 2.24) is 10.3 Å². The van der Waals surface area contributed by atoms with Crippen LogP contribution in [0.15, 0.2) is 0 Å². The van der Waals surface area contributed by atoms with Crippen LogP contribution in [-0.4, -0.2) is 34.5 Å². The molecule has 0 saturated heterocycles. The maximum atomic E-state index is 12.3. The summed E-state index contributed by atoms with van der Waals surface area (Å²) in [6, 6.07) is 0.518. The van der Waals surface area contributed by atoms with E-state index in [1.165, 1.54) is 49.9 Å². The first-order valence-corrected chi connectivity index (χ1v) is 9.52. The van der Waals surface area contributed by atoms with Crippen molar-refractivity contribution in [2.45, 2.75) is 49.3 Å². The average Bonchev–Trinajstić information content (AvgIpc) is 3.02. The minimum Gasteiger partial charge on any atom is -0.382 e. The van der Waals surface area contributed by atoms with E-state index in [-0.39, 0.29) is 10.7 Å². The highest BCUT2D eigenvalue weighted by Crippen LogP contribution is 2.39. The van der Waals surface area contributed by atoms with Crippen LogP contribution in [0.1, 0.15) is 48.2 Å². The summed E-state index contributed by atoms with van der Waals surface area (Å²) in [4.78, 5) is 17.1. The zero-order valence-corrected chi connectivity index (χ0v) is 13.9. The predicted octanol–water partition coefficient (Wildman–Crippen LogP) is 2.71. The first-order valence-electron chi connectivity index (χ1n) is 7.48. The fourth-order valence-electron chi connectivity index (χ4n) is 2.75. The zero-order chi connectivity index (χ0) is 14.9. The average molecular weight is 326 g/mol. The lowest BCUT2D eigenvalue weighted by atomic mass is 10.1. The summed E-state index contributed by atoms with van der Waals surface area (Å²) in [5, 5.41) is 7.11. The van der Waals surface area contributed by atoms with Crippen LogP contribution >= 0.6 is 23.1 Å². The number of carbonyl (C=O) groups is 1. The molecule has 0 aromatic carbocycles. The van der Waals surface area contributed by atoms with Crippen LogP contribution in [0.4, 0.5) is 10.9 Å². The number of carbonyl (C=O) groups excluding carboxylic acids is 1. The molecule has 0 radical (unpaired) electrons. The fraction of sp³-hybridized carbons (Fsp3) is 0.714. The molecular weight excluding hydrogens is 304 g/mol. The molecule has 4 N–H and O–H groups in total. The quantitative estimate of drug-likeness (QED) is 0.749. The van der Waals surface area contributed by atoms with E-state index >= 15 is 0 Å². The molecule has 3 rings (SSSR count). The molecule has 2 saturated carbocycles. The molecule has 21 heavy (non-hydrogen) atoms. The Hall–Kier alpha value is -0.950. The molecule has 116 valence electrons. The summed E-state index contributed by atoms with van der Waals surface area (Å²) < 4.78 is 0.213. The van der Waals surface area contributed by atoms with Crippen molar-refractivity contribution in [2.75, 3.05) is 23.9 Å². The molecule has 2 aliphatic carbocycles. The Morgan fingerprint density at radius 3 is 2.81 bits per heavy atom. The van der Waals surface area contributed by atoms with Crippen molar-refractivity contribution in [1.29, 1.82) is 0 Å². The largest absolute Gasteiger partial charge is 0.382 e. The molecule has 0 aliphatic heterocycles. The fourth-order valence-corrected chi connectivity index (χ4v) is 4.54. The van der Waals surface area contributed by atoms with Crippen molar-refractivity contribution >= 4 is 40.0 Å². The van der Waals surface area contributed by atoms with Crippen LogP contribution < -0.4 is 16.4 Å². The second-order valence-corrected chi connectivity index (χ2v) is 8.20. The number of hydrogen-bond acceptors (Lipinski definition) is 6. The van der Waals surface area contributed by atoms with Crippen molar-refractivity contribution in [3.8, 4) is 0 Å². The van der Waals surface area contributed by atoms with Crippen LogP contribution in [0.3, 0.4) is 0 Å². The molecule has 0 spiro atoms. The topological polar surface area (TPSA) is 80.0 Å². The van der Waals surface area contributed by atoms with E-state index in [0.29, 0.717) is 16.7 Å². The number of rotatable bonds is 6. The summed E-state index contributed by atoms with van der Waals surface area (Å²) in [7, 11) is 0. The molecular formula is C14H22N4OS2. The van der Waals surface area contributed by atoms with E-state index in [0.717, 1.165) is 11.7 Å². The van der Waals surface area contributed by atoms with Gasteiger partial charge in [-0.3, -0.25) is 4.79 Å². The Labute approximate surface area is 133 Å². The molecule has 0 bridgehead atoms. The van der Waals surface area contributed by atoms with E-state index in [1.54, 1.807) is 0 Å². The van der Waals surface area contributed by atoms with Crippen molar-refractivity contribution < 1.29 is 4.79 Å². The first-order chi connectivity index (χ1) is 10.1. The lowest BCUT2D eigenvalue weighted by molar-refractivity contribution is 0.0954. The molecule has 2 aliphatic rings. The van der Waals surface area contributed by atoms with Crippen molar-refractivity contribution in [2.24, 2.45) is 0 Å². The summed E-state index contributed by atoms with van der Waals surface area (Å²) in [6.45, 7) is 0.718. The maximum Gasteiger partial charge on any atom is 0.265 e. The first kappa shape index (κ1) is 15.0. The predicted molar refractivity (Wildman–Crippen MR) is 90.2 cm³/mol. The minimum absolute atomic E-state index is 0.0887. The van der Waals surface area contributed by atoms with E-state index in [4.69, 9.17) is 5.73 Å². The number of aromatic nitrogens is 1. The molecule has 1 heterocycles. The summed E-state index contributed by atoms with van der Waals surface area (Å²) in [5.74, 6) is 0.249. The van der Waals surface area contributed by atoms with Gasteiger partial charge in [-0.05, 0) is 31.9 Å². The molecule has 1 amide bonds. The highest BCUT2D eigenvalue weighted by atomic mass is 32.2. The lowest BCUT2D eigenvalue weighted by Crippen LogP contribution is -2.38. The van der Waals surface area contributed by atoms with Gasteiger partial charge in [0.2, 0.25) is 0 Å². The second-order valence-electron chi connectivity index (χ2n) is 5.93. The summed E-state index contributed by atoms with van der Waals surface area (Å²) >= 11 is 3.23. The van der Waals surface area contributed by atoms with Crippen LogP contribution in [0.2, 0.25) is 0 Å². The number of anilines is 2. The zero-order valence-electron chi connectivity index (χ0n) is 12.3. The molecule has 5 nitrogen and oxygen atoms in total. The van der Waals surface area contributed by atoms with Gasteiger partial charge < -0.3 is 16.4 Å². The number of thioether (sulfide) groups is 1. The van der Waals surface area contributed by atoms with Gasteiger partial charge in [-0.1, -0.05) is 24.2 Å². The van der Waals surface area contributed by atoms with Gasteiger partial charge in [-0.15, -0.1) is 0 Å². The van der Waals surface area contributed by atoms with E-state index in [1.807, 2.05) is 11.8 Å². The Bertz CT molecular complexity index is 521. The van der Waals surface area contributed by atoms with Gasteiger partial charge in [0.1, 0.15) is 10.7 Å². The number of nitrogens with one attached hydrogen (secondary N) is 2. The summed E-state index contributed by atoms with van der Waals surface area (Å²) in [6.07, 6.45) is 9.37. The molecule has 1 aromatic rings. The number of thiazole rings is 1. The third kappa shape index (κ3) is 3.45. The Kier molecular flexibility index (Phi) is 4.31. The number of nitrogen functional groups attached to an aromatic ring is 1. The van der Waals surface area contributed by atoms with E-state index in [9.17, 15) is 4.79 Å². The number of nitrogens with two attached hydrogens (primary N) is 1. The van der Waals surface area contributed by atoms with Gasteiger partial charge in [0, 0.05) is 17.3 Å². The number of nitrogens with zero attached hydrogens (tertiary/aromatic N) is 1. The monoisotopic (exact) mass is 326 g/mol. The Balaban J connectivity index is 1.60. The normalized spacial score (nSPS) is 20.4. The molecule has 1 aromatic heterocycles. The van der Waals surface area contributed by atoms with Gasteiger partial charge in [-0.25, -0.2) is 4.98 Å². The molecule has 0 atom stereocenters. The minimum atomic E-state index is -0.0887. The highest BCUT2D eigenvalue weighted by molar-refractivity contribution is 8.00. The Morgan fingerprint density at radius 2 is 2.19 bits per heavy atom. The van der Waals surface area contributed by atoms with Crippen LogP contribution in [0.5, 0.6) is 0 Å². The van der Waals surface area contributed by atoms with Gasteiger partial charge >= 0.3 is 0 Å².